The van der Waals surface area contributed by atoms with Crippen molar-refractivity contribution in [2.75, 3.05) is 6.61 Å². The van der Waals surface area contributed by atoms with Gasteiger partial charge in [-0.1, -0.05) is 0 Å². The minimum atomic E-state index is -1.19. The minimum absolute atomic E-state index is 0.0246. The molecule has 0 saturated carbocycles. The predicted molar refractivity (Wildman–Crippen MR) is 128 cm³/mol. The van der Waals surface area contributed by atoms with Crippen LogP contribution in [0.4, 0.5) is 0 Å². The zero-order chi connectivity index (χ0) is 24.5. The first-order chi connectivity index (χ1) is 16.9. The Morgan fingerprint density at radius 3 is 2.69 bits per heavy atom. The smallest absolute Gasteiger partial charge is 0.339 e. The average molecular weight is 476 g/mol. The van der Waals surface area contributed by atoms with E-state index in [4.69, 9.17) is 9.15 Å². The van der Waals surface area contributed by atoms with Crippen LogP contribution in [0, 0.1) is 0 Å². The number of carbonyl (C=O) groups is 2. The van der Waals surface area contributed by atoms with E-state index in [1.165, 1.54) is 6.07 Å². The molecule has 0 saturated heterocycles. The molecular formula is C26H24N2O7. The van der Waals surface area contributed by atoms with Crippen LogP contribution in [-0.4, -0.2) is 39.7 Å². The highest BCUT2D eigenvalue weighted by atomic mass is 16.5. The molecule has 1 amide bonds. The summed E-state index contributed by atoms with van der Waals surface area (Å²) >= 11 is 0. The summed E-state index contributed by atoms with van der Waals surface area (Å²) in [4.78, 5) is 39.6. The van der Waals surface area contributed by atoms with E-state index in [-0.39, 0.29) is 17.8 Å². The molecular weight excluding hydrogens is 452 g/mol. The molecule has 2 heterocycles. The van der Waals surface area contributed by atoms with Crippen LogP contribution >= 0.6 is 0 Å². The minimum Gasteiger partial charge on any atom is -0.508 e. The van der Waals surface area contributed by atoms with Gasteiger partial charge in [-0.15, -0.1) is 0 Å². The fourth-order valence-electron chi connectivity index (χ4n) is 4.66. The normalized spacial score (nSPS) is 13.9. The Morgan fingerprint density at radius 1 is 1.09 bits per heavy atom. The summed E-state index contributed by atoms with van der Waals surface area (Å²) < 4.78 is 11.0. The number of amides is 1. The summed E-state index contributed by atoms with van der Waals surface area (Å²) in [6.45, 7) is -0.404. The zero-order valence-electron chi connectivity index (χ0n) is 18.8. The number of benzene rings is 2. The number of phenolic OH excluding ortho intramolecular Hbond substituents is 1. The molecule has 1 aliphatic rings. The molecule has 2 aromatic heterocycles. The van der Waals surface area contributed by atoms with Crippen molar-refractivity contribution in [1.82, 2.24) is 10.3 Å². The number of aryl methyl sites for hydroxylation is 1. The third-order valence-electron chi connectivity index (χ3n) is 6.37. The lowest BCUT2D eigenvalue weighted by Gasteiger charge is -2.17. The number of carbonyl (C=O) groups excluding carboxylic acids is 1. The van der Waals surface area contributed by atoms with Crippen LogP contribution in [0.3, 0.4) is 0 Å². The molecule has 5 rings (SSSR count). The van der Waals surface area contributed by atoms with E-state index in [0.717, 1.165) is 47.7 Å². The topological polar surface area (TPSA) is 142 Å². The van der Waals surface area contributed by atoms with Crippen LogP contribution in [0.15, 0.2) is 51.8 Å². The summed E-state index contributed by atoms with van der Waals surface area (Å²) in [5.74, 6) is -1.39. The molecule has 2 aromatic carbocycles. The van der Waals surface area contributed by atoms with Crippen molar-refractivity contribution in [2.24, 2.45) is 0 Å². The van der Waals surface area contributed by atoms with Crippen LogP contribution in [-0.2, 0) is 28.9 Å². The Hall–Kier alpha value is -4.27. The maximum absolute atomic E-state index is 12.5. The van der Waals surface area contributed by atoms with Crippen molar-refractivity contribution in [3.8, 4) is 11.5 Å². The fraction of sp³-hybridized carbons (Fsp3) is 0.269. The lowest BCUT2D eigenvalue weighted by Crippen LogP contribution is -2.44. The molecule has 0 aliphatic heterocycles. The molecule has 0 unspecified atom stereocenters. The van der Waals surface area contributed by atoms with Crippen molar-refractivity contribution in [1.29, 1.82) is 0 Å². The van der Waals surface area contributed by atoms with Gasteiger partial charge < -0.3 is 29.7 Å². The van der Waals surface area contributed by atoms with Gasteiger partial charge in [0.15, 0.2) is 6.61 Å². The van der Waals surface area contributed by atoms with Crippen LogP contribution in [0.1, 0.15) is 29.5 Å². The number of rotatable bonds is 7. The summed E-state index contributed by atoms with van der Waals surface area (Å²) in [5, 5.41) is 23.4. The van der Waals surface area contributed by atoms with Gasteiger partial charge in [-0.3, -0.25) is 4.79 Å². The number of carboxylic acids is 1. The van der Waals surface area contributed by atoms with Gasteiger partial charge in [-0.05, 0) is 67.1 Å². The molecule has 35 heavy (non-hydrogen) atoms. The maximum Gasteiger partial charge on any atom is 0.339 e. The number of hydrogen-bond acceptors (Lipinski definition) is 6. The number of aromatic amines is 1. The van der Waals surface area contributed by atoms with E-state index in [9.17, 15) is 24.6 Å². The largest absolute Gasteiger partial charge is 0.508 e. The second-order valence-corrected chi connectivity index (χ2v) is 8.71. The summed E-state index contributed by atoms with van der Waals surface area (Å²) in [5.41, 5.74) is 3.22. The van der Waals surface area contributed by atoms with Crippen LogP contribution in [0.5, 0.6) is 11.5 Å². The van der Waals surface area contributed by atoms with E-state index in [1.54, 1.807) is 30.5 Å². The number of aromatic hydroxyl groups is 1. The lowest BCUT2D eigenvalue weighted by molar-refractivity contribution is -0.142. The van der Waals surface area contributed by atoms with E-state index in [1.807, 2.05) is 6.07 Å². The third kappa shape index (κ3) is 4.57. The molecule has 9 heteroatoms. The summed E-state index contributed by atoms with van der Waals surface area (Å²) in [7, 11) is 0. The first-order valence-electron chi connectivity index (χ1n) is 11.4. The molecule has 4 aromatic rings. The number of nitrogens with one attached hydrogen (secondary N) is 2. The van der Waals surface area contributed by atoms with Gasteiger partial charge in [0.1, 0.15) is 23.1 Å². The highest BCUT2D eigenvalue weighted by Gasteiger charge is 2.23. The van der Waals surface area contributed by atoms with Crippen LogP contribution in [0.25, 0.3) is 21.9 Å². The zero-order valence-corrected chi connectivity index (χ0v) is 18.8. The number of phenols is 1. The van der Waals surface area contributed by atoms with Gasteiger partial charge in [0, 0.05) is 40.5 Å². The lowest BCUT2D eigenvalue weighted by atomic mass is 9.91. The Bertz CT molecular complexity index is 1500. The van der Waals surface area contributed by atoms with Crippen molar-refractivity contribution in [3.63, 3.8) is 0 Å². The molecule has 0 radical (unpaired) electrons. The Labute approximate surface area is 199 Å². The monoisotopic (exact) mass is 476 g/mol. The second-order valence-electron chi connectivity index (χ2n) is 8.71. The van der Waals surface area contributed by atoms with Gasteiger partial charge in [-0.25, -0.2) is 9.59 Å². The van der Waals surface area contributed by atoms with Crippen LogP contribution in [0.2, 0.25) is 0 Å². The Morgan fingerprint density at radius 2 is 1.89 bits per heavy atom. The number of hydrogen-bond donors (Lipinski definition) is 4. The highest BCUT2D eigenvalue weighted by Crippen LogP contribution is 2.29. The fourth-order valence-corrected chi connectivity index (χ4v) is 4.66. The predicted octanol–water partition coefficient (Wildman–Crippen LogP) is 3.05. The molecule has 0 spiro atoms. The molecule has 9 nitrogen and oxygen atoms in total. The van der Waals surface area contributed by atoms with E-state index in [0.29, 0.717) is 22.3 Å². The van der Waals surface area contributed by atoms with Gasteiger partial charge >= 0.3 is 11.6 Å². The number of H-pyrrole nitrogens is 1. The molecule has 180 valence electrons. The van der Waals surface area contributed by atoms with Crippen LogP contribution < -0.4 is 15.7 Å². The SMILES string of the molecule is O=C(COc1ccc2c3c(c(=O)oc2c1)CCCC3)N[C@@H](Cc1c[nH]c2ccc(O)cc12)C(=O)O. The number of aliphatic carboxylic acids is 1. The number of fused-ring (bicyclic) bond motifs is 4. The first kappa shape index (κ1) is 22.5. The van der Waals surface area contributed by atoms with Crippen molar-refractivity contribution in [3.05, 3.63) is 69.7 Å². The summed E-state index contributed by atoms with van der Waals surface area (Å²) in [6.07, 6.45) is 5.22. The highest BCUT2D eigenvalue weighted by molar-refractivity contribution is 5.88. The van der Waals surface area contributed by atoms with E-state index in [2.05, 4.69) is 10.3 Å². The van der Waals surface area contributed by atoms with Gasteiger partial charge in [-0.2, -0.15) is 0 Å². The number of ether oxygens (including phenoxy) is 1. The Balaban J connectivity index is 1.27. The van der Waals surface area contributed by atoms with Crippen molar-refractivity contribution in [2.45, 2.75) is 38.1 Å². The first-order valence-corrected chi connectivity index (χ1v) is 11.4. The third-order valence-corrected chi connectivity index (χ3v) is 6.37. The molecule has 0 bridgehead atoms. The van der Waals surface area contributed by atoms with E-state index >= 15 is 0 Å². The van der Waals surface area contributed by atoms with Gasteiger partial charge in [0.2, 0.25) is 0 Å². The van der Waals surface area contributed by atoms with E-state index < -0.39 is 24.5 Å². The standard InChI is InChI=1S/C26H24N2O7/c29-15-5-8-21-20(10-15)14(12-27-21)9-22(25(31)32)28-24(30)13-34-16-6-7-18-17-3-1-2-4-19(17)26(33)35-23(18)11-16/h5-8,10-12,22,27,29H,1-4,9,13H2,(H,28,30)(H,31,32)/t22-/m0/s1. The molecule has 0 fully saturated rings. The summed E-state index contributed by atoms with van der Waals surface area (Å²) in [6, 6.07) is 8.68. The molecule has 1 aliphatic carbocycles. The van der Waals surface area contributed by atoms with Crippen molar-refractivity contribution < 1.29 is 29.0 Å². The molecule has 4 N–H and O–H groups in total. The second kappa shape index (κ2) is 9.17. The maximum atomic E-state index is 12.5. The van der Waals surface area contributed by atoms with Gasteiger partial charge in [0.05, 0.1) is 0 Å². The van der Waals surface area contributed by atoms with Crippen molar-refractivity contribution >= 4 is 33.7 Å². The quantitative estimate of drug-likeness (QED) is 0.300. The van der Waals surface area contributed by atoms with Gasteiger partial charge in [0.25, 0.3) is 5.91 Å². The Kier molecular flexibility index (Phi) is 5.90. The number of aromatic nitrogens is 1. The number of carboxylic acid groups (broad SMARTS) is 1. The average Bonchev–Trinajstić information content (AvgIpc) is 3.24. The molecule has 1 atom stereocenters.